The van der Waals surface area contributed by atoms with E-state index >= 15 is 0 Å². The van der Waals surface area contributed by atoms with Crippen molar-refractivity contribution in [2.24, 2.45) is 5.92 Å². The molecule has 1 fully saturated rings. The molecule has 0 radical (unpaired) electrons. The fourth-order valence-electron chi connectivity index (χ4n) is 2.55. The number of aldehydes is 1. The summed E-state index contributed by atoms with van der Waals surface area (Å²) in [4.78, 5) is 40.3. The molecule has 1 saturated carbocycles. The second-order valence-electron chi connectivity index (χ2n) is 5.25. The molecule has 0 atom stereocenters. The SMILES string of the molecule is CN(OC(=O)C1CCCCC1)C(=O)c1ccccc1C=O. The molecule has 0 spiro atoms. The summed E-state index contributed by atoms with van der Waals surface area (Å²) in [6.07, 6.45) is 5.42. The zero-order chi connectivity index (χ0) is 15.2. The maximum Gasteiger partial charge on any atom is 0.335 e. The average molecular weight is 289 g/mol. The van der Waals surface area contributed by atoms with Crippen LogP contribution in [0.5, 0.6) is 0 Å². The molecule has 0 saturated heterocycles. The van der Waals surface area contributed by atoms with Gasteiger partial charge >= 0.3 is 5.97 Å². The Kier molecular flexibility index (Phi) is 5.09. The molecule has 0 N–H and O–H groups in total. The molecule has 1 aromatic carbocycles. The van der Waals surface area contributed by atoms with Crippen molar-refractivity contribution in [2.45, 2.75) is 32.1 Å². The standard InChI is InChI=1S/C16H19NO4/c1-17(21-16(20)12-7-3-2-4-8-12)15(19)14-10-6-5-9-13(14)11-18/h5-6,9-12H,2-4,7-8H2,1H3. The molecule has 112 valence electrons. The normalized spacial score (nSPS) is 15.3. The first kappa shape index (κ1) is 15.2. The topological polar surface area (TPSA) is 63.7 Å². The van der Waals surface area contributed by atoms with Crippen LogP contribution in [-0.4, -0.2) is 30.3 Å². The van der Waals surface area contributed by atoms with Gasteiger partial charge in [-0.2, -0.15) is 5.06 Å². The van der Waals surface area contributed by atoms with Gasteiger partial charge in [-0.25, -0.2) is 4.79 Å². The zero-order valence-corrected chi connectivity index (χ0v) is 12.1. The van der Waals surface area contributed by atoms with Crippen LogP contribution >= 0.6 is 0 Å². The number of hydroxylamine groups is 2. The first-order valence-electron chi connectivity index (χ1n) is 7.17. The van der Waals surface area contributed by atoms with Gasteiger partial charge in [-0.3, -0.25) is 9.59 Å². The lowest BCUT2D eigenvalue weighted by molar-refractivity contribution is -0.179. The van der Waals surface area contributed by atoms with Crippen molar-refractivity contribution in [2.75, 3.05) is 7.05 Å². The lowest BCUT2D eigenvalue weighted by atomic mass is 9.89. The van der Waals surface area contributed by atoms with E-state index in [0.717, 1.165) is 37.2 Å². The molecular formula is C16H19NO4. The van der Waals surface area contributed by atoms with Crippen LogP contribution in [0.15, 0.2) is 24.3 Å². The lowest BCUT2D eigenvalue weighted by Gasteiger charge is -2.23. The second-order valence-corrected chi connectivity index (χ2v) is 5.25. The first-order valence-corrected chi connectivity index (χ1v) is 7.17. The number of amides is 1. The second kappa shape index (κ2) is 7.02. The number of benzene rings is 1. The predicted octanol–water partition coefficient (Wildman–Crippen LogP) is 2.61. The van der Waals surface area contributed by atoms with Crippen LogP contribution < -0.4 is 0 Å². The Morgan fingerprint density at radius 2 is 1.86 bits per heavy atom. The van der Waals surface area contributed by atoms with Crippen LogP contribution in [0, 0.1) is 5.92 Å². The van der Waals surface area contributed by atoms with Gasteiger partial charge in [0.1, 0.15) is 0 Å². The van der Waals surface area contributed by atoms with Crippen LogP contribution in [0.25, 0.3) is 0 Å². The molecule has 5 heteroatoms. The van der Waals surface area contributed by atoms with Crippen LogP contribution in [0.3, 0.4) is 0 Å². The van der Waals surface area contributed by atoms with Gasteiger partial charge in [0.15, 0.2) is 6.29 Å². The Hall–Kier alpha value is -2.17. The third-order valence-corrected chi connectivity index (χ3v) is 3.77. The predicted molar refractivity (Wildman–Crippen MR) is 76.6 cm³/mol. The largest absolute Gasteiger partial charge is 0.338 e. The summed E-state index contributed by atoms with van der Waals surface area (Å²) in [7, 11) is 1.39. The highest BCUT2D eigenvalue weighted by Crippen LogP contribution is 2.25. The summed E-state index contributed by atoms with van der Waals surface area (Å²) in [5.74, 6) is -0.994. The Balaban J connectivity index is 2.02. The van der Waals surface area contributed by atoms with E-state index < -0.39 is 5.91 Å². The van der Waals surface area contributed by atoms with Gasteiger partial charge < -0.3 is 4.84 Å². The molecule has 21 heavy (non-hydrogen) atoms. The van der Waals surface area contributed by atoms with Gasteiger partial charge in [0.2, 0.25) is 0 Å². The molecule has 1 amide bonds. The third-order valence-electron chi connectivity index (χ3n) is 3.77. The smallest absolute Gasteiger partial charge is 0.335 e. The third kappa shape index (κ3) is 3.68. The van der Waals surface area contributed by atoms with E-state index in [9.17, 15) is 14.4 Å². The maximum atomic E-state index is 12.2. The minimum Gasteiger partial charge on any atom is -0.338 e. The number of hydrogen-bond acceptors (Lipinski definition) is 4. The zero-order valence-electron chi connectivity index (χ0n) is 12.1. The fraction of sp³-hybridized carbons (Fsp3) is 0.438. The number of carbonyl (C=O) groups is 3. The van der Waals surface area contributed by atoms with Crippen molar-refractivity contribution in [1.82, 2.24) is 5.06 Å². The molecule has 5 nitrogen and oxygen atoms in total. The highest BCUT2D eigenvalue weighted by molar-refractivity contribution is 6.01. The quantitative estimate of drug-likeness (QED) is 0.634. The molecule has 1 aromatic rings. The van der Waals surface area contributed by atoms with Crippen molar-refractivity contribution >= 4 is 18.2 Å². The molecule has 2 rings (SSSR count). The number of nitrogens with zero attached hydrogens (tertiary/aromatic N) is 1. The van der Waals surface area contributed by atoms with Crippen molar-refractivity contribution < 1.29 is 19.2 Å². The van der Waals surface area contributed by atoms with Crippen LogP contribution in [0.1, 0.15) is 52.8 Å². The van der Waals surface area contributed by atoms with Gasteiger partial charge in [-0.05, 0) is 18.9 Å². The minimum absolute atomic E-state index is 0.129. The van der Waals surface area contributed by atoms with E-state index in [-0.39, 0.29) is 23.0 Å². The summed E-state index contributed by atoms with van der Waals surface area (Å²) in [6, 6.07) is 6.43. The van der Waals surface area contributed by atoms with Crippen molar-refractivity contribution in [3.05, 3.63) is 35.4 Å². The molecule has 0 aliphatic heterocycles. The van der Waals surface area contributed by atoms with Crippen LogP contribution in [0.2, 0.25) is 0 Å². The van der Waals surface area contributed by atoms with E-state index in [1.807, 2.05) is 0 Å². The summed E-state index contributed by atoms with van der Waals surface area (Å²) in [5.41, 5.74) is 0.509. The van der Waals surface area contributed by atoms with Crippen molar-refractivity contribution in [3.63, 3.8) is 0 Å². The van der Waals surface area contributed by atoms with Gasteiger partial charge in [0.05, 0.1) is 11.5 Å². The monoisotopic (exact) mass is 289 g/mol. The van der Waals surface area contributed by atoms with E-state index in [0.29, 0.717) is 6.29 Å². The molecule has 0 heterocycles. The highest BCUT2D eigenvalue weighted by Gasteiger charge is 2.26. The van der Waals surface area contributed by atoms with Gasteiger partial charge in [0.25, 0.3) is 5.91 Å². The van der Waals surface area contributed by atoms with Crippen molar-refractivity contribution in [3.8, 4) is 0 Å². The van der Waals surface area contributed by atoms with Gasteiger partial charge in [0, 0.05) is 12.6 Å². The maximum absolute atomic E-state index is 12.2. The molecule has 0 aromatic heterocycles. The van der Waals surface area contributed by atoms with Gasteiger partial charge in [-0.15, -0.1) is 0 Å². The first-order chi connectivity index (χ1) is 10.1. The molecule has 0 bridgehead atoms. The average Bonchev–Trinajstić information content (AvgIpc) is 2.54. The number of carbonyl (C=O) groups excluding carboxylic acids is 3. The van der Waals surface area contributed by atoms with Gasteiger partial charge in [-0.1, -0.05) is 37.5 Å². The Morgan fingerprint density at radius 1 is 1.19 bits per heavy atom. The fourth-order valence-corrected chi connectivity index (χ4v) is 2.55. The van der Waals surface area contributed by atoms with E-state index in [1.54, 1.807) is 18.2 Å². The molecule has 1 aliphatic rings. The molecule has 0 unspecified atom stereocenters. The molecule has 1 aliphatic carbocycles. The molecular weight excluding hydrogens is 270 g/mol. The Labute approximate surface area is 123 Å². The number of rotatable bonds is 3. The van der Waals surface area contributed by atoms with E-state index in [4.69, 9.17) is 4.84 Å². The van der Waals surface area contributed by atoms with E-state index in [1.165, 1.54) is 13.1 Å². The minimum atomic E-state index is -0.498. The Morgan fingerprint density at radius 3 is 2.52 bits per heavy atom. The van der Waals surface area contributed by atoms with E-state index in [2.05, 4.69) is 0 Å². The highest BCUT2D eigenvalue weighted by atomic mass is 16.7. The summed E-state index contributed by atoms with van der Waals surface area (Å²) >= 11 is 0. The van der Waals surface area contributed by atoms with Crippen molar-refractivity contribution in [1.29, 1.82) is 0 Å². The van der Waals surface area contributed by atoms with Crippen LogP contribution in [-0.2, 0) is 9.63 Å². The number of hydrogen-bond donors (Lipinski definition) is 0. The van der Waals surface area contributed by atoms with Crippen LogP contribution in [0.4, 0.5) is 0 Å². The summed E-state index contributed by atoms with van der Waals surface area (Å²) < 4.78 is 0. The summed E-state index contributed by atoms with van der Waals surface area (Å²) in [5, 5.41) is 0.916. The lowest BCUT2D eigenvalue weighted by Crippen LogP contribution is -2.33. The Bertz CT molecular complexity index is 535. The summed E-state index contributed by atoms with van der Waals surface area (Å²) in [6.45, 7) is 0.